The molecule has 0 bridgehead atoms. The Morgan fingerprint density at radius 3 is 2.60 bits per heavy atom. The summed E-state index contributed by atoms with van der Waals surface area (Å²) in [5.41, 5.74) is 2.09. The third kappa shape index (κ3) is 3.86. The van der Waals surface area contributed by atoms with Gasteiger partial charge in [-0.25, -0.2) is 0 Å². The van der Waals surface area contributed by atoms with Crippen LogP contribution in [0.3, 0.4) is 0 Å². The Hall–Kier alpha value is -2.28. The SMILES string of the molecule is COc1ccc(C(=O)CCC(=O)Nc2nncs2)cc1. The van der Waals surface area contributed by atoms with Gasteiger partial charge in [-0.3, -0.25) is 9.59 Å². The van der Waals surface area contributed by atoms with E-state index in [2.05, 4.69) is 15.5 Å². The van der Waals surface area contributed by atoms with E-state index in [9.17, 15) is 9.59 Å². The molecule has 0 saturated carbocycles. The highest BCUT2D eigenvalue weighted by Crippen LogP contribution is 2.14. The maximum atomic E-state index is 11.9. The van der Waals surface area contributed by atoms with Crippen molar-refractivity contribution in [3.63, 3.8) is 0 Å². The standard InChI is InChI=1S/C13H13N3O3S/c1-19-10-4-2-9(3-5-10)11(17)6-7-12(18)15-13-16-14-8-20-13/h2-5,8H,6-7H2,1H3,(H,15,16,18). The first-order chi connectivity index (χ1) is 9.69. The van der Waals surface area contributed by atoms with Crippen LogP contribution in [0.25, 0.3) is 0 Å². The Balaban J connectivity index is 1.83. The van der Waals surface area contributed by atoms with Gasteiger partial charge in [0.05, 0.1) is 7.11 Å². The highest BCUT2D eigenvalue weighted by atomic mass is 32.1. The van der Waals surface area contributed by atoms with Gasteiger partial charge in [-0.2, -0.15) is 0 Å². The van der Waals surface area contributed by atoms with Crippen LogP contribution in [0.5, 0.6) is 5.75 Å². The summed E-state index contributed by atoms with van der Waals surface area (Å²) < 4.78 is 5.02. The van der Waals surface area contributed by atoms with Crippen molar-refractivity contribution in [2.75, 3.05) is 12.4 Å². The number of methoxy groups -OCH3 is 1. The van der Waals surface area contributed by atoms with E-state index in [1.165, 1.54) is 16.8 Å². The number of nitrogens with one attached hydrogen (secondary N) is 1. The molecule has 6 nitrogen and oxygen atoms in total. The van der Waals surface area contributed by atoms with E-state index in [1.54, 1.807) is 31.4 Å². The van der Waals surface area contributed by atoms with Crippen molar-refractivity contribution in [2.24, 2.45) is 0 Å². The van der Waals surface area contributed by atoms with Gasteiger partial charge >= 0.3 is 0 Å². The minimum atomic E-state index is -0.247. The van der Waals surface area contributed by atoms with Crippen molar-refractivity contribution in [3.8, 4) is 5.75 Å². The minimum absolute atomic E-state index is 0.0833. The number of anilines is 1. The molecule has 1 aromatic heterocycles. The molecule has 104 valence electrons. The lowest BCUT2D eigenvalue weighted by atomic mass is 10.1. The molecule has 2 aromatic rings. The Morgan fingerprint density at radius 1 is 1.25 bits per heavy atom. The molecule has 0 atom stereocenters. The smallest absolute Gasteiger partial charge is 0.226 e. The van der Waals surface area contributed by atoms with Crippen LogP contribution >= 0.6 is 11.3 Å². The van der Waals surface area contributed by atoms with Crippen LogP contribution < -0.4 is 10.1 Å². The topological polar surface area (TPSA) is 81.2 Å². The van der Waals surface area contributed by atoms with Gasteiger partial charge in [0.15, 0.2) is 5.78 Å². The molecule has 0 spiro atoms. The van der Waals surface area contributed by atoms with Gasteiger partial charge in [0, 0.05) is 18.4 Å². The summed E-state index contributed by atoms with van der Waals surface area (Å²) in [4.78, 5) is 23.5. The first-order valence-electron chi connectivity index (χ1n) is 5.92. The van der Waals surface area contributed by atoms with E-state index in [0.717, 1.165) is 0 Å². The average Bonchev–Trinajstić information content (AvgIpc) is 2.97. The van der Waals surface area contributed by atoms with Gasteiger partial charge in [-0.05, 0) is 24.3 Å². The number of aromatic nitrogens is 2. The molecule has 20 heavy (non-hydrogen) atoms. The number of benzene rings is 1. The normalized spacial score (nSPS) is 10.1. The van der Waals surface area contributed by atoms with Crippen molar-refractivity contribution < 1.29 is 14.3 Å². The number of carbonyl (C=O) groups is 2. The largest absolute Gasteiger partial charge is 0.497 e. The number of hydrogen-bond donors (Lipinski definition) is 1. The van der Waals surface area contributed by atoms with Gasteiger partial charge < -0.3 is 10.1 Å². The maximum Gasteiger partial charge on any atom is 0.226 e. The predicted octanol–water partition coefficient (Wildman–Crippen LogP) is 2.15. The second kappa shape index (κ2) is 6.76. The molecule has 0 aliphatic carbocycles. The molecule has 1 amide bonds. The van der Waals surface area contributed by atoms with Gasteiger partial charge in [-0.1, -0.05) is 11.3 Å². The van der Waals surface area contributed by atoms with Crippen LogP contribution in [0.2, 0.25) is 0 Å². The van der Waals surface area contributed by atoms with Crippen LogP contribution in [0.15, 0.2) is 29.8 Å². The van der Waals surface area contributed by atoms with Crippen LogP contribution in [0.1, 0.15) is 23.2 Å². The van der Waals surface area contributed by atoms with Crippen LogP contribution in [-0.2, 0) is 4.79 Å². The second-order valence-electron chi connectivity index (χ2n) is 3.94. The fourth-order valence-corrected chi connectivity index (χ4v) is 2.02. The van der Waals surface area contributed by atoms with E-state index in [0.29, 0.717) is 16.4 Å². The molecular weight excluding hydrogens is 278 g/mol. The lowest BCUT2D eigenvalue weighted by Crippen LogP contribution is -2.13. The summed E-state index contributed by atoms with van der Waals surface area (Å²) in [6.45, 7) is 0. The fourth-order valence-electron chi connectivity index (χ4n) is 1.56. The quantitative estimate of drug-likeness (QED) is 0.825. The molecular formula is C13H13N3O3S. The van der Waals surface area contributed by atoms with Crippen molar-refractivity contribution in [1.29, 1.82) is 0 Å². The lowest BCUT2D eigenvalue weighted by molar-refractivity contribution is -0.116. The number of amides is 1. The zero-order chi connectivity index (χ0) is 14.4. The van der Waals surface area contributed by atoms with E-state index in [1.807, 2.05) is 0 Å². The molecule has 1 heterocycles. The molecule has 0 unspecified atom stereocenters. The molecule has 0 fully saturated rings. The van der Waals surface area contributed by atoms with Gasteiger partial charge in [0.25, 0.3) is 0 Å². The summed E-state index contributed by atoms with van der Waals surface area (Å²) in [5.74, 6) is 0.360. The monoisotopic (exact) mass is 291 g/mol. The fraction of sp³-hybridized carbons (Fsp3) is 0.231. The summed E-state index contributed by atoms with van der Waals surface area (Å²) >= 11 is 1.23. The van der Waals surface area contributed by atoms with E-state index >= 15 is 0 Å². The van der Waals surface area contributed by atoms with Crippen molar-refractivity contribution in [2.45, 2.75) is 12.8 Å². The zero-order valence-electron chi connectivity index (χ0n) is 10.8. The van der Waals surface area contributed by atoms with Crippen LogP contribution in [-0.4, -0.2) is 29.0 Å². The number of nitrogens with zero attached hydrogens (tertiary/aromatic N) is 2. The second-order valence-corrected chi connectivity index (χ2v) is 4.78. The third-order valence-corrected chi connectivity index (χ3v) is 3.20. The summed E-state index contributed by atoms with van der Waals surface area (Å²) in [5, 5.41) is 10.3. The highest BCUT2D eigenvalue weighted by molar-refractivity contribution is 7.13. The molecule has 0 aliphatic rings. The van der Waals surface area contributed by atoms with Crippen LogP contribution in [0.4, 0.5) is 5.13 Å². The number of ether oxygens (including phenoxy) is 1. The first-order valence-corrected chi connectivity index (χ1v) is 6.80. The minimum Gasteiger partial charge on any atom is -0.497 e. The Labute approximate surface area is 119 Å². The molecule has 0 saturated heterocycles. The molecule has 7 heteroatoms. The molecule has 2 rings (SSSR count). The van der Waals surface area contributed by atoms with Crippen molar-refractivity contribution >= 4 is 28.2 Å². The lowest BCUT2D eigenvalue weighted by Gasteiger charge is -2.03. The van der Waals surface area contributed by atoms with Crippen molar-refractivity contribution in [1.82, 2.24) is 10.2 Å². The van der Waals surface area contributed by atoms with E-state index in [-0.39, 0.29) is 24.5 Å². The number of Topliss-reactive ketones (excluding diaryl/α,β-unsaturated/α-hetero) is 1. The molecule has 0 radical (unpaired) electrons. The summed E-state index contributed by atoms with van der Waals surface area (Å²) in [6.07, 6.45) is 0.265. The first kappa shape index (κ1) is 14.1. The van der Waals surface area contributed by atoms with Gasteiger partial charge in [0.2, 0.25) is 11.0 Å². The van der Waals surface area contributed by atoms with Gasteiger partial charge in [0.1, 0.15) is 11.3 Å². The van der Waals surface area contributed by atoms with Gasteiger partial charge in [-0.15, -0.1) is 10.2 Å². The van der Waals surface area contributed by atoms with E-state index in [4.69, 9.17) is 4.74 Å². The summed E-state index contributed by atoms with van der Waals surface area (Å²) in [6, 6.07) is 6.80. The Morgan fingerprint density at radius 2 is 2.00 bits per heavy atom. The third-order valence-electron chi connectivity index (χ3n) is 2.60. The molecule has 1 aromatic carbocycles. The number of ketones is 1. The van der Waals surface area contributed by atoms with Crippen LogP contribution in [0, 0.1) is 0 Å². The predicted molar refractivity (Wildman–Crippen MR) is 75.1 cm³/mol. The average molecular weight is 291 g/mol. The molecule has 0 aliphatic heterocycles. The zero-order valence-corrected chi connectivity index (χ0v) is 11.6. The highest BCUT2D eigenvalue weighted by Gasteiger charge is 2.10. The maximum absolute atomic E-state index is 11.9. The molecule has 1 N–H and O–H groups in total. The Bertz CT molecular complexity index is 581. The number of rotatable bonds is 6. The summed E-state index contributed by atoms with van der Waals surface area (Å²) in [7, 11) is 1.56. The Kier molecular flexibility index (Phi) is 4.78. The number of carbonyl (C=O) groups excluding carboxylic acids is 2. The van der Waals surface area contributed by atoms with Crippen molar-refractivity contribution in [3.05, 3.63) is 35.3 Å². The van der Waals surface area contributed by atoms with E-state index < -0.39 is 0 Å². The number of hydrogen-bond acceptors (Lipinski definition) is 6.